The molecule has 3 saturated carbocycles. The van der Waals surface area contributed by atoms with Crippen molar-refractivity contribution in [1.82, 2.24) is 15.6 Å². The molecule has 2 bridgehead atoms. The predicted octanol–water partition coefficient (Wildman–Crippen LogP) is 4.16. The summed E-state index contributed by atoms with van der Waals surface area (Å²) in [6, 6.07) is 4.73. The summed E-state index contributed by atoms with van der Waals surface area (Å²) < 4.78 is 32.0. The average Bonchev–Trinajstić information content (AvgIpc) is 3.10. The van der Waals surface area contributed by atoms with Gasteiger partial charge in [0.15, 0.2) is 11.6 Å². The maximum atomic E-state index is 13.3. The number of alkyl halides is 2. The Morgan fingerprint density at radius 3 is 2.47 bits per heavy atom. The normalized spacial score (nSPS) is 24.4. The third-order valence-electron chi connectivity index (χ3n) is 5.19. The molecule has 0 saturated heterocycles. The van der Waals surface area contributed by atoms with E-state index >= 15 is 0 Å². The van der Waals surface area contributed by atoms with E-state index in [1.807, 2.05) is 0 Å². The Kier molecular flexibility index (Phi) is 5.19. The zero-order valence-electron chi connectivity index (χ0n) is 15.7. The lowest BCUT2D eigenvalue weighted by Crippen LogP contribution is -2.84. The molecule has 2 N–H and O–H groups in total. The molecule has 0 radical (unpaired) electrons. The molecule has 30 heavy (non-hydrogen) atoms. The van der Waals surface area contributed by atoms with Crippen molar-refractivity contribution in [2.75, 3.05) is 6.61 Å². The summed E-state index contributed by atoms with van der Waals surface area (Å²) in [7, 11) is 0. The highest BCUT2D eigenvalue weighted by molar-refractivity contribution is 7.10. The van der Waals surface area contributed by atoms with Crippen molar-refractivity contribution >= 4 is 46.4 Å². The maximum Gasteiger partial charge on any atom is 0.296 e. The number of ether oxygens (including phenoxy) is 1. The van der Waals surface area contributed by atoms with E-state index in [9.17, 15) is 18.4 Å². The highest BCUT2D eigenvalue weighted by atomic mass is 35.5. The van der Waals surface area contributed by atoms with E-state index in [1.165, 1.54) is 11.4 Å². The minimum atomic E-state index is -3.08. The topological polar surface area (TPSA) is 80.3 Å². The monoisotopic (exact) mass is 475 g/mol. The molecule has 11 heteroatoms. The molecule has 5 rings (SSSR count). The smallest absolute Gasteiger partial charge is 0.296 e. The Hall–Kier alpha value is -1.97. The number of hydrogen-bond donors (Lipinski definition) is 2. The standard InChI is InChI=1S/C19H17Cl2F2N3O3S/c1-17(22,23)16-24-13(6-30-16)15(28)26-19-7-18(8-19,9-19)25-14(27)5-29-10-2-3-11(20)12(21)4-10/h2-4,6H,5,7-9H2,1H3,(H,25,27)(H,26,28). The number of nitrogens with one attached hydrogen (secondary N) is 2. The minimum absolute atomic E-state index is 0.0191. The number of carbonyl (C=O) groups excluding carboxylic acids is 2. The molecule has 0 spiro atoms. The average molecular weight is 476 g/mol. The summed E-state index contributed by atoms with van der Waals surface area (Å²) in [6.45, 7) is 0.568. The molecule has 0 unspecified atom stereocenters. The molecule has 2 amide bonds. The predicted molar refractivity (Wildman–Crippen MR) is 109 cm³/mol. The number of halogens is 4. The number of rotatable bonds is 7. The van der Waals surface area contributed by atoms with Gasteiger partial charge in [0, 0.05) is 29.4 Å². The maximum absolute atomic E-state index is 13.3. The van der Waals surface area contributed by atoms with Crippen molar-refractivity contribution in [3.05, 3.63) is 44.3 Å². The lowest BCUT2D eigenvalue weighted by molar-refractivity contribution is -0.141. The molecular formula is C19H17Cl2F2N3O3S. The van der Waals surface area contributed by atoms with Crippen LogP contribution in [0.25, 0.3) is 0 Å². The van der Waals surface area contributed by atoms with Gasteiger partial charge in [-0.15, -0.1) is 11.3 Å². The van der Waals surface area contributed by atoms with E-state index in [0.717, 1.165) is 18.3 Å². The summed E-state index contributed by atoms with van der Waals surface area (Å²) in [5, 5.41) is 7.45. The molecule has 3 aliphatic carbocycles. The lowest BCUT2D eigenvalue weighted by Gasteiger charge is -2.70. The van der Waals surface area contributed by atoms with E-state index in [1.54, 1.807) is 12.1 Å². The van der Waals surface area contributed by atoms with Gasteiger partial charge in [0.1, 0.15) is 11.4 Å². The van der Waals surface area contributed by atoms with Gasteiger partial charge in [-0.25, -0.2) is 4.98 Å². The second kappa shape index (κ2) is 7.32. The Morgan fingerprint density at radius 1 is 1.20 bits per heavy atom. The van der Waals surface area contributed by atoms with E-state index < -0.39 is 22.4 Å². The van der Waals surface area contributed by atoms with Crippen molar-refractivity contribution in [3.63, 3.8) is 0 Å². The van der Waals surface area contributed by atoms with Crippen LogP contribution in [0.2, 0.25) is 10.0 Å². The van der Waals surface area contributed by atoms with Crippen molar-refractivity contribution < 1.29 is 23.1 Å². The number of amides is 2. The summed E-state index contributed by atoms with van der Waals surface area (Å²) in [4.78, 5) is 28.2. The molecule has 0 atom stereocenters. The second-order valence-electron chi connectivity index (χ2n) is 7.88. The van der Waals surface area contributed by atoms with Crippen molar-refractivity contribution in [2.24, 2.45) is 0 Å². The zero-order valence-corrected chi connectivity index (χ0v) is 18.1. The Balaban J connectivity index is 1.24. The number of benzene rings is 1. The molecule has 1 heterocycles. The Bertz CT molecular complexity index is 1000. The van der Waals surface area contributed by atoms with E-state index in [-0.39, 0.29) is 23.7 Å². The van der Waals surface area contributed by atoms with Crippen LogP contribution in [0.4, 0.5) is 8.78 Å². The number of carbonyl (C=O) groups is 2. The Morgan fingerprint density at radius 2 is 1.87 bits per heavy atom. The molecule has 3 aliphatic rings. The molecule has 0 aliphatic heterocycles. The van der Waals surface area contributed by atoms with Gasteiger partial charge < -0.3 is 15.4 Å². The number of hydrogen-bond acceptors (Lipinski definition) is 5. The summed E-state index contributed by atoms with van der Waals surface area (Å²) in [5.74, 6) is -3.41. The van der Waals surface area contributed by atoms with Gasteiger partial charge in [0.05, 0.1) is 10.0 Å². The van der Waals surface area contributed by atoms with Crippen LogP contribution >= 0.6 is 34.5 Å². The minimum Gasteiger partial charge on any atom is -0.484 e. The lowest BCUT2D eigenvalue weighted by atomic mass is 9.44. The molecular weight excluding hydrogens is 459 g/mol. The van der Waals surface area contributed by atoms with Gasteiger partial charge in [0.25, 0.3) is 17.7 Å². The quantitative estimate of drug-likeness (QED) is 0.629. The van der Waals surface area contributed by atoms with Crippen LogP contribution in [0.15, 0.2) is 23.6 Å². The number of nitrogens with zero attached hydrogens (tertiary/aromatic N) is 1. The highest BCUT2D eigenvalue weighted by Gasteiger charge is 2.69. The van der Waals surface area contributed by atoms with Gasteiger partial charge in [-0.3, -0.25) is 9.59 Å². The van der Waals surface area contributed by atoms with Crippen molar-refractivity contribution in [3.8, 4) is 5.75 Å². The van der Waals surface area contributed by atoms with Gasteiger partial charge in [-0.2, -0.15) is 8.78 Å². The SMILES string of the molecule is CC(F)(F)c1nc(C(=O)NC23CC(NC(=O)COc4ccc(Cl)c(Cl)c4)(C2)C3)cs1. The first-order valence-corrected chi connectivity index (χ1v) is 10.7. The van der Waals surface area contributed by atoms with Crippen LogP contribution in [0.5, 0.6) is 5.75 Å². The van der Waals surface area contributed by atoms with Gasteiger partial charge >= 0.3 is 0 Å². The fraction of sp³-hybridized carbons (Fsp3) is 0.421. The fourth-order valence-corrected chi connectivity index (χ4v) is 5.01. The number of aromatic nitrogens is 1. The molecule has 3 fully saturated rings. The summed E-state index contributed by atoms with van der Waals surface area (Å²) in [6.07, 6.45) is 1.72. The van der Waals surface area contributed by atoms with Crippen LogP contribution in [-0.2, 0) is 10.7 Å². The van der Waals surface area contributed by atoms with Crippen molar-refractivity contribution in [1.29, 1.82) is 0 Å². The van der Waals surface area contributed by atoms with Crippen molar-refractivity contribution in [2.45, 2.75) is 43.2 Å². The van der Waals surface area contributed by atoms with Crippen LogP contribution in [0.1, 0.15) is 41.7 Å². The summed E-state index contributed by atoms with van der Waals surface area (Å²) in [5.41, 5.74) is -0.808. The first-order chi connectivity index (χ1) is 14.0. The largest absolute Gasteiger partial charge is 0.484 e. The van der Waals surface area contributed by atoms with E-state index in [2.05, 4.69) is 15.6 Å². The third kappa shape index (κ3) is 4.10. The molecule has 6 nitrogen and oxygen atoms in total. The second-order valence-corrected chi connectivity index (χ2v) is 9.56. The summed E-state index contributed by atoms with van der Waals surface area (Å²) >= 11 is 12.5. The van der Waals surface area contributed by atoms with Gasteiger partial charge in [0.2, 0.25) is 0 Å². The van der Waals surface area contributed by atoms with Crippen LogP contribution in [-0.4, -0.2) is 34.5 Å². The van der Waals surface area contributed by atoms with E-state index in [0.29, 0.717) is 35.1 Å². The number of thiazole rings is 1. The Labute approximate surface area is 184 Å². The van der Waals surface area contributed by atoms with E-state index in [4.69, 9.17) is 27.9 Å². The fourth-order valence-electron chi connectivity index (χ4n) is 3.98. The van der Waals surface area contributed by atoms with Crippen LogP contribution in [0, 0.1) is 0 Å². The third-order valence-corrected chi connectivity index (χ3v) is 6.94. The first kappa shape index (κ1) is 21.3. The van der Waals surface area contributed by atoms with Crippen LogP contribution < -0.4 is 15.4 Å². The van der Waals surface area contributed by atoms with Crippen LogP contribution in [0.3, 0.4) is 0 Å². The molecule has 2 aromatic rings. The van der Waals surface area contributed by atoms with Gasteiger partial charge in [-0.1, -0.05) is 23.2 Å². The van der Waals surface area contributed by atoms with Gasteiger partial charge in [-0.05, 0) is 31.4 Å². The zero-order chi connectivity index (χ0) is 21.7. The molecule has 1 aromatic heterocycles. The molecule has 1 aromatic carbocycles. The highest BCUT2D eigenvalue weighted by Crippen LogP contribution is 2.60. The first-order valence-electron chi connectivity index (χ1n) is 9.05. The molecule has 160 valence electrons.